The SMILES string of the molecule is CC(C)(C)OC(=O)N1CCC2CCC1CN2Cc1c(-c2ccc(Cl)cc2)nc2ncccn12. The second-order valence-electron chi connectivity index (χ2n) is 9.98. The first-order chi connectivity index (χ1) is 15.8. The van der Waals surface area contributed by atoms with Gasteiger partial charge in [0.1, 0.15) is 5.60 Å². The Morgan fingerprint density at radius 3 is 2.67 bits per heavy atom. The van der Waals surface area contributed by atoms with Crippen molar-refractivity contribution in [3.05, 3.63) is 53.4 Å². The number of amides is 1. The van der Waals surface area contributed by atoms with Crippen molar-refractivity contribution < 1.29 is 9.53 Å². The van der Waals surface area contributed by atoms with Gasteiger partial charge in [0.25, 0.3) is 0 Å². The molecule has 3 fully saturated rings. The number of piperidine rings is 1. The average Bonchev–Trinajstić information content (AvgIpc) is 2.90. The van der Waals surface area contributed by atoms with E-state index in [1.807, 2.05) is 62.2 Å². The molecule has 2 atom stereocenters. The fraction of sp³-hybridized carbons (Fsp3) is 0.480. The Bertz CT molecular complexity index is 1150. The molecule has 3 saturated heterocycles. The number of halogens is 1. The zero-order valence-corrected chi connectivity index (χ0v) is 20.1. The molecular weight excluding hydrogens is 438 g/mol. The van der Waals surface area contributed by atoms with Crippen molar-refractivity contribution in [2.45, 2.75) is 64.3 Å². The van der Waals surface area contributed by atoms with Crippen LogP contribution in [0.2, 0.25) is 5.02 Å². The van der Waals surface area contributed by atoms with E-state index in [-0.39, 0.29) is 12.1 Å². The molecule has 1 aromatic carbocycles. The van der Waals surface area contributed by atoms with Crippen LogP contribution in [0.25, 0.3) is 17.0 Å². The molecular formula is C25H30ClN5O2. The van der Waals surface area contributed by atoms with Crippen LogP contribution < -0.4 is 0 Å². The Morgan fingerprint density at radius 1 is 1.15 bits per heavy atom. The van der Waals surface area contributed by atoms with Crippen LogP contribution in [0, 0.1) is 0 Å². The van der Waals surface area contributed by atoms with E-state index in [4.69, 9.17) is 21.3 Å². The summed E-state index contributed by atoms with van der Waals surface area (Å²) in [5.74, 6) is 0.688. The van der Waals surface area contributed by atoms with Gasteiger partial charge in [-0.25, -0.2) is 14.8 Å². The van der Waals surface area contributed by atoms with Crippen molar-refractivity contribution in [2.24, 2.45) is 0 Å². The van der Waals surface area contributed by atoms with E-state index in [0.717, 1.165) is 55.8 Å². The van der Waals surface area contributed by atoms with Gasteiger partial charge in [-0.1, -0.05) is 23.7 Å². The molecule has 0 spiro atoms. The summed E-state index contributed by atoms with van der Waals surface area (Å²) in [6.07, 6.45) is 6.63. The number of carbonyl (C=O) groups excluding carboxylic acids is 1. The first-order valence-corrected chi connectivity index (χ1v) is 12.0. The lowest BCUT2D eigenvalue weighted by atomic mass is 9.98. The summed E-state index contributed by atoms with van der Waals surface area (Å²) < 4.78 is 7.78. The molecule has 0 aliphatic carbocycles. The van der Waals surface area contributed by atoms with E-state index in [1.165, 1.54) is 0 Å². The van der Waals surface area contributed by atoms with Crippen molar-refractivity contribution in [3.63, 3.8) is 0 Å². The van der Waals surface area contributed by atoms with Crippen molar-refractivity contribution in [2.75, 3.05) is 13.1 Å². The van der Waals surface area contributed by atoms with E-state index in [2.05, 4.69) is 14.3 Å². The second-order valence-corrected chi connectivity index (χ2v) is 10.4. The molecule has 7 nitrogen and oxygen atoms in total. The third-order valence-corrected chi connectivity index (χ3v) is 6.79. The van der Waals surface area contributed by atoms with Crippen LogP contribution >= 0.6 is 11.6 Å². The molecule has 2 aromatic heterocycles. The number of hydrogen-bond acceptors (Lipinski definition) is 5. The van der Waals surface area contributed by atoms with E-state index in [0.29, 0.717) is 16.8 Å². The third kappa shape index (κ3) is 4.57. The monoisotopic (exact) mass is 467 g/mol. The first kappa shape index (κ1) is 22.2. The maximum atomic E-state index is 12.9. The molecule has 5 heterocycles. The maximum absolute atomic E-state index is 12.9. The van der Waals surface area contributed by atoms with Crippen LogP contribution in [0.1, 0.15) is 45.7 Å². The van der Waals surface area contributed by atoms with Gasteiger partial charge >= 0.3 is 6.09 Å². The molecule has 0 radical (unpaired) electrons. The van der Waals surface area contributed by atoms with Crippen LogP contribution in [-0.2, 0) is 11.3 Å². The normalized spacial score (nSPS) is 21.4. The van der Waals surface area contributed by atoms with E-state index < -0.39 is 5.60 Å². The summed E-state index contributed by atoms with van der Waals surface area (Å²) in [7, 11) is 0. The lowest BCUT2D eigenvalue weighted by Crippen LogP contribution is -2.49. The average molecular weight is 468 g/mol. The molecule has 0 saturated carbocycles. The molecule has 33 heavy (non-hydrogen) atoms. The zero-order chi connectivity index (χ0) is 23.2. The molecule has 3 aliphatic heterocycles. The van der Waals surface area contributed by atoms with Gasteiger partial charge in [0.15, 0.2) is 0 Å². The van der Waals surface area contributed by atoms with Gasteiger partial charge in [-0.15, -0.1) is 0 Å². The van der Waals surface area contributed by atoms with Crippen molar-refractivity contribution >= 4 is 23.5 Å². The third-order valence-electron chi connectivity index (χ3n) is 6.54. The van der Waals surface area contributed by atoms with Crippen LogP contribution in [0.3, 0.4) is 0 Å². The number of fused-ring (bicyclic) bond motifs is 5. The number of benzene rings is 1. The van der Waals surface area contributed by atoms with Crippen LogP contribution in [0.15, 0.2) is 42.7 Å². The minimum Gasteiger partial charge on any atom is -0.444 e. The molecule has 1 amide bonds. The minimum atomic E-state index is -0.488. The predicted molar refractivity (Wildman–Crippen MR) is 128 cm³/mol. The van der Waals surface area contributed by atoms with Gasteiger partial charge in [-0.3, -0.25) is 9.30 Å². The Labute approximate surface area is 199 Å². The molecule has 3 aliphatic rings. The summed E-state index contributed by atoms with van der Waals surface area (Å²) in [6.45, 7) is 8.07. The molecule has 6 rings (SSSR count). The molecule has 2 bridgehead atoms. The minimum absolute atomic E-state index is 0.162. The molecule has 2 unspecified atom stereocenters. The summed E-state index contributed by atoms with van der Waals surface area (Å²) >= 11 is 6.12. The number of nitrogens with zero attached hydrogens (tertiary/aromatic N) is 5. The fourth-order valence-corrected chi connectivity index (χ4v) is 5.13. The highest BCUT2D eigenvalue weighted by molar-refractivity contribution is 6.30. The lowest BCUT2D eigenvalue weighted by molar-refractivity contribution is 0.0124. The fourth-order valence-electron chi connectivity index (χ4n) is 5.00. The molecule has 174 valence electrons. The first-order valence-electron chi connectivity index (χ1n) is 11.6. The summed E-state index contributed by atoms with van der Waals surface area (Å²) in [5, 5.41) is 0.703. The number of ether oxygens (including phenoxy) is 1. The molecule has 8 heteroatoms. The van der Waals surface area contributed by atoms with Gasteiger partial charge < -0.3 is 9.64 Å². The number of hydrogen-bond donors (Lipinski definition) is 0. The number of imidazole rings is 1. The standard InChI is InChI=1S/C25H30ClN5O2/c1-25(2,3)33-24(32)30-14-11-19-9-10-20(30)15-29(19)16-21-22(17-5-7-18(26)8-6-17)28-23-27-12-4-13-31(21)23/h4-8,12-13,19-20H,9-11,14-16H2,1-3H3. The Kier molecular flexibility index (Phi) is 5.79. The van der Waals surface area contributed by atoms with E-state index >= 15 is 0 Å². The smallest absolute Gasteiger partial charge is 0.410 e. The topological polar surface area (TPSA) is 63.0 Å². The Hall–Kier alpha value is -2.64. The van der Waals surface area contributed by atoms with Gasteiger partial charge in [0, 0.05) is 54.7 Å². The van der Waals surface area contributed by atoms with Crippen molar-refractivity contribution in [3.8, 4) is 11.3 Å². The predicted octanol–water partition coefficient (Wildman–Crippen LogP) is 5.02. The van der Waals surface area contributed by atoms with Gasteiger partial charge in [-0.2, -0.15) is 0 Å². The van der Waals surface area contributed by atoms with E-state index in [1.54, 1.807) is 6.20 Å². The highest BCUT2D eigenvalue weighted by Crippen LogP contribution is 2.33. The van der Waals surface area contributed by atoms with Crippen LogP contribution in [-0.4, -0.2) is 61.0 Å². The van der Waals surface area contributed by atoms with Gasteiger partial charge in [0.2, 0.25) is 5.78 Å². The van der Waals surface area contributed by atoms with Crippen molar-refractivity contribution in [1.29, 1.82) is 0 Å². The Morgan fingerprint density at radius 2 is 1.91 bits per heavy atom. The van der Waals surface area contributed by atoms with Crippen molar-refractivity contribution in [1.82, 2.24) is 24.2 Å². The highest BCUT2D eigenvalue weighted by Gasteiger charge is 2.39. The largest absolute Gasteiger partial charge is 0.444 e. The van der Waals surface area contributed by atoms with Crippen LogP contribution in [0.5, 0.6) is 0 Å². The summed E-state index contributed by atoms with van der Waals surface area (Å²) in [5.41, 5.74) is 2.57. The van der Waals surface area contributed by atoms with E-state index in [9.17, 15) is 4.79 Å². The summed E-state index contributed by atoms with van der Waals surface area (Å²) in [6, 6.07) is 10.3. The second kappa shape index (κ2) is 8.61. The maximum Gasteiger partial charge on any atom is 0.410 e. The Balaban J connectivity index is 1.44. The van der Waals surface area contributed by atoms with Gasteiger partial charge in [0.05, 0.1) is 11.4 Å². The summed E-state index contributed by atoms with van der Waals surface area (Å²) in [4.78, 5) is 26.6. The lowest BCUT2D eigenvalue weighted by Gasteiger charge is -2.38. The molecule has 0 N–H and O–H groups in total. The number of carbonyl (C=O) groups is 1. The van der Waals surface area contributed by atoms with Crippen LogP contribution in [0.4, 0.5) is 4.79 Å². The highest BCUT2D eigenvalue weighted by atomic mass is 35.5. The van der Waals surface area contributed by atoms with Gasteiger partial charge in [-0.05, 0) is 58.2 Å². The zero-order valence-electron chi connectivity index (χ0n) is 19.4. The molecule has 3 aromatic rings. The number of rotatable bonds is 3. The number of aromatic nitrogens is 3. The quantitative estimate of drug-likeness (QED) is 0.541.